The number of benzene rings is 2. The molecule has 0 aliphatic rings. The van der Waals surface area contributed by atoms with Crippen molar-refractivity contribution >= 4 is 34.2 Å². The normalized spacial score (nSPS) is 11.8. The van der Waals surface area contributed by atoms with E-state index >= 15 is 0 Å². The molecule has 0 aliphatic carbocycles. The number of aromatic nitrogens is 2. The van der Waals surface area contributed by atoms with Crippen LogP contribution in [0.15, 0.2) is 42.6 Å². The molecule has 0 aliphatic heterocycles. The molecule has 0 radical (unpaired) electrons. The average Bonchev–Trinajstić information content (AvgIpc) is 3.21. The highest BCUT2D eigenvalue weighted by molar-refractivity contribution is 6.30. The summed E-state index contributed by atoms with van der Waals surface area (Å²) in [5, 5.41) is 27.3. The monoisotopic (exact) mass is 466 g/mol. The van der Waals surface area contributed by atoms with Crippen LogP contribution in [0.3, 0.4) is 0 Å². The minimum absolute atomic E-state index is 0.110. The standard InChI is InChI=1S/C25H27ClN4O3/c1-2-4-17(5-3-6-23(31)18-7-9-19(26)10-8-18)15-30-16-21-22(29-30)12-11-20(24(21)32)25(33)28-14-13-27/h7-12,16-17,32H,2-6,14-15H2,1H3,(H,28,33). The van der Waals surface area contributed by atoms with Crippen LogP contribution in [0.4, 0.5) is 0 Å². The Morgan fingerprint density at radius 2 is 1.97 bits per heavy atom. The van der Waals surface area contributed by atoms with Crippen molar-refractivity contribution in [2.75, 3.05) is 6.54 Å². The topological polar surface area (TPSA) is 108 Å². The number of phenols is 1. The number of halogens is 1. The lowest BCUT2D eigenvalue weighted by Gasteiger charge is -2.16. The number of carbonyl (C=O) groups excluding carboxylic acids is 2. The number of aromatic hydroxyl groups is 1. The van der Waals surface area contributed by atoms with Gasteiger partial charge in [0.2, 0.25) is 0 Å². The summed E-state index contributed by atoms with van der Waals surface area (Å²) in [5.74, 6) is -0.200. The highest BCUT2D eigenvalue weighted by Crippen LogP contribution is 2.29. The van der Waals surface area contributed by atoms with Gasteiger partial charge < -0.3 is 10.4 Å². The second kappa shape index (κ2) is 11.5. The van der Waals surface area contributed by atoms with Gasteiger partial charge in [0.1, 0.15) is 12.3 Å². The van der Waals surface area contributed by atoms with Crippen LogP contribution in [0.25, 0.3) is 10.9 Å². The Bertz CT molecular complexity index is 1160. The Hall–Kier alpha value is -3.37. The fraction of sp³-hybridized carbons (Fsp3) is 0.360. The number of amides is 1. The lowest BCUT2D eigenvalue weighted by Crippen LogP contribution is -2.23. The molecule has 8 heteroatoms. The van der Waals surface area contributed by atoms with Gasteiger partial charge in [-0.1, -0.05) is 24.9 Å². The van der Waals surface area contributed by atoms with Crippen LogP contribution in [0.2, 0.25) is 5.02 Å². The molecule has 33 heavy (non-hydrogen) atoms. The SMILES string of the molecule is CCCC(CCCC(=O)c1ccc(Cl)cc1)Cn1cc2c(O)c(C(=O)NCC#N)ccc2n1. The van der Waals surface area contributed by atoms with E-state index < -0.39 is 5.91 Å². The van der Waals surface area contributed by atoms with Crippen LogP contribution in [0.1, 0.15) is 59.7 Å². The number of hydrogen-bond donors (Lipinski definition) is 2. The number of nitrogens with zero attached hydrogens (tertiary/aromatic N) is 3. The highest BCUT2D eigenvalue weighted by atomic mass is 35.5. The summed E-state index contributed by atoms with van der Waals surface area (Å²) in [5.41, 5.74) is 1.38. The van der Waals surface area contributed by atoms with Gasteiger partial charge in [0.05, 0.1) is 22.5 Å². The van der Waals surface area contributed by atoms with Gasteiger partial charge >= 0.3 is 0 Å². The number of nitrogens with one attached hydrogen (secondary N) is 1. The predicted octanol–water partition coefficient (Wildman–Crippen LogP) is 5.12. The van der Waals surface area contributed by atoms with Crippen molar-refractivity contribution in [2.24, 2.45) is 5.92 Å². The van der Waals surface area contributed by atoms with Crippen LogP contribution < -0.4 is 5.32 Å². The third kappa shape index (κ3) is 6.33. The summed E-state index contributed by atoms with van der Waals surface area (Å²) in [6.07, 6.45) is 5.90. The molecule has 3 rings (SSSR count). The number of fused-ring (bicyclic) bond motifs is 1. The van der Waals surface area contributed by atoms with Crippen molar-refractivity contribution in [1.82, 2.24) is 15.1 Å². The zero-order valence-corrected chi connectivity index (χ0v) is 19.3. The summed E-state index contributed by atoms with van der Waals surface area (Å²) in [6, 6.07) is 12.0. The van der Waals surface area contributed by atoms with Crippen molar-refractivity contribution in [3.8, 4) is 11.8 Å². The number of carbonyl (C=O) groups is 2. The third-order valence-corrected chi connectivity index (χ3v) is 5.86. The Kier molecular flexibility index (Phi) is 8.45. The van der Waals surface area contributed by atoms with Gasteiger partial charge in [0, 0.05) is 29.7 Å². The first kappa shape index (κ1) is 24.3. The Balaban J connectivity index is 1.64. The van der Waals surface area contributed by atoms with E-state index in [1.165, 1.54) is 6.07 Å². The van der Waals surface area contributed by atoms with Crippen molar-refractivity contribution in [2.45, 2.75) is 45.6 Å². The van der Waals surface area contributed by atoms with Crippen molar-refractivity contribution in [1.29, 1.82) is 5.26 Å². The smallest absolute Gasteiger partial charge is 0.255 e. The Morgan fingerprint density at radius 3 is 2.67 bits per heavy atom. The van der Waals surface area contributed by atoms with E-state index in [2.05, 4.69) is 17.3 Å². The van der Waals surface area contributed by atoms with Gasteiger partial charge in [0.15, 0.2) is 5.78 Å². The molecule has 1 unspecified atom stereocenters. The molecule has 1 amide bonds. The maximum Gasteiger partial charge on any atom is 0.255 e. The van der Waals surface area contributed by atoms with Gasteiger partial charge in [-0.2, -0.15) is 10.4 Å². The molecule has 0 saturated heterocycles. The highest BCUT2D eigenvalue weighted by Gasteiger charge is 2.17. The summed E-state index contributed by atoms with van der Waals surface area (Å²) in [4.78, 5) is 24.6. The minimum atomic E-state index is -0.502. The number of Topliss-reactive ketones (excluding diaryl/α,β-unsaturated/α-hetero) is 1. The van der Waals surface area contributed by atoms with Gasteiger partial charge in [-0.05, 0) is 61.6 Å². The van der Waals surface area contributed by atoms with E-state index in [1.807, 2.05) is 6.07 Å². The molecular formula is C25H27ClN4O3. The number of nitriles is 1. The lowest BCUT2D eigenvalue weighted by atomic mass is 9.95. The second-order valence-electron chi connectivity index (χ2n) is 8.06. The Morgan fingerprint density at radius 1 is 1.21 bits per heavy atom. The first-order chi connectivity index (χ1) is 15.9. The molecule has 172 valence electrons. The molecule has 7 nitrogen and oxygen atoms in total. The fourth-order valence-corrected chi connectivity index (χ4v) is 4.08. The zero-order valence-electron chi connectivity index (χ0n) is 18.6. The Labute approximate surface area is 198 Å². The molecular weight excluding hydrogens is 440 g/mol. The zero-order chi connectivity index (χ0) is 23.8. The van der Waals surface area contributed by atoms with Crippen LogP contribution in [0, 0.1) is 17.2 Å². The van der Waals surface area contributed by atoms with Gasteiger partial charge in [0.25, 0.3) is 5.91 Å². The van der Waals surface area contributed by atoms with E-state index in [0.717, 1.165) is 25.7 Å². The maximum absolute atomic E-state index is 12.4. The maximum atomic E-state index is 12.4. The average molecular weight is 467 g/mol. The first-order valence-electron chi connectivity index (χ1n) is 11.1. The molecule has 2 aromatic carbocycles. The minimum Gasteiger partial charge on any atom is -0.506 e. The number of phenolic OH excluding ortho intramolecular Hbond substituents is 1. The molecule has 1 aromatic heterocycles. The van der Waals surface area contributed by atoms with Gasteiger partial charge in [-0.15, -0.1) is 0 Å². The van der Waals surface area contributed by atoms with E-state index in [-0.39, 0.29) is 23.6 Å². The van der Waals surface area contributed by atoms with Crippen molar-refractivity contribution in [3.05, 3.63) is 58.7 Å². The molecule has 0 spiro atoms. The van der Waals surface area contributed by atoms with E-state index in [4.69, 9.17) is 16.9 Å². The first-order valence-corrected chi connectivity index (χ1v) is 11.4. The number of ketones is 1. The summed E-state index contributed by atoms with van der Waals surface area (Å²) < 4.78 is 1.79. The van der Waals surface area contributed by atoms with Crippen molar-refractivity contribution < 1.29 is 14.7 Å². The second-order valence-corrected chi connectivity index (χ2v) is 8.50. The van der Waals surface area contributed by atoms with Gasteiger partial charge in [-0.3, -0.25) is 14.3 Å². The number of rotatable bonds is 11. The molecule has 0 bridgehead atoms. The van der Waals surface area contributed by atoms with Crippen LogP contribution in [-0.4, -0.2) is 33.1 Å². The van der Waals surface area contributed by atoms with E-state index in [9.17, 15) is 14.7 Å². The van der Waals surface area contributed by atoms with Crippen LogP contribution in [-0.2, 0) is 6.54 Å². The fourth-order valence-electron chi connectivity index (χ4n) is 3.95. The van der Waals surface area contributed by atoms with Crippen LogP contribution in [0.5, 0.6) is 5.75 Å². The summed E-state index contributed by atoms with van der Waals surface area (Å²) >= 11 is 5.89. The van der Waals surface area contributed by atoms with Crippen molar-refractivity contribution in [3.63, 3.8) is 0 Å². The quantitative estimate of drug-likeness (QED) is 0.301. The summed E-state index contributed by atoms with van der Waals surface area (Å²) in [6.45, 7) is 2.66. The van der Waals surface area contributed by atoms with Crippen LogP contribution >= 0.6 is 11.6 Å². The van der Waals surface area contributed by atoms with E-state index in [0.29, 0.717) is 40.4 Å². The lowest BCUT2D eigenvalue weighted by molar-refractivity contribution is 0.0953. The largest absolute Gasteiger partial charge is 0.506 e. The number of hydrogen-bond acceptors (Lipinski definition) is 5. The predicted molar refractivity (Wildman–Crippen MR) is 127 cm³/mol. The molecule has 2 N–H and O–H groups in total. The van der Waals surface area contributed by atoms with Gasteiger partial charge in [-0.25, -0.2) is 0 Å². The molecule has 3 aromatic rings. The molecule has 0 saturated carbocycles. The molecule has 1 heterocycles. The van der Waals surface area contributed by atoms with E-state index in [1.54, 1.807) is 41.2 Å². The summed E-state index contributed by atoms with van der Waals surface area (Å²) in [7, 11) is 0. The molecule has 1 atom stereocenters. The third-order valence-electron chi connectivity index (χ3n) is 5.61. The molecule has 0 fully saturated rings.